The Bertz CT molecular complexity index is 1240. The summed E-state index contributed by atoms with van der Waals surface area (Å²) in [7, 11) is 4.18. The van der Waals surface area contributed by atoms with Gasteiger partial charge in [0.25, 0.3) is 0 Å². The Balaban J connectivity index is 1.36. The highest BCUT2D eigenvalue weighted by Crippen LogP contribution is 2.62. The molecule has 2 N–H and O–H groups in total. The molecule has 5 bridgehead atoms. The van der Waals surface area contributed by atoms with Crippen LogP contribution >= 0.6 is 21.6 Å². The maximum absolute atomic E-state index is 10.8. The van der Waals surface area contributed by atoms with E-state index in [1.807, 2.05) is 12.1 Å². The molecule has 2 aromatic carbocycles. The van der Waals surface area contributed by atoms with Crippen molar-refractivity contribution < 1.29 is 5.11 Å². The van der Waals surface area contributed by atoms with Crippen molar-refractivity contribution in [2.24, 2.45) is 28.6 Å². The standard InChI is InChI=1S/C35H45NOS2/c1-24-7-6-11-34(3,19-24)35-12-10-33-31(21-35)16-28(20-35)14-26-13-27(18-32(37)17-26)15-29-8-4-5-9-30(29)22-36-25(2)23-38-39-33/h4-6,8-13,17-18,24-25,28,31,33,36-37H,7,14-16,19-23H2,1-3H3. The molecule has 0 saturated heterocycles. The van der Waals surface area contributed by atoms with Crippen molar-refractivity contribution in [1.29, 1.82) is 0 Å². The highest BCUT2D eigenvalue weighted by Gasteiger charge is 2.53. The van der Waals surface area contributed by atoms with E-state index in [1.165, 1.54) is 54.4 Å². The predicted octanol–water partition coefficient (Wildman–Crippen LogP) is 8.73. The van der Waals surface area contributed by atoms with E-state index >= 15 is 0 Å². The summed E-state index contributed by atoms with van der Waals surface area (Å²) in [6.45, 7) is 8.20. The summed E-state index contributed by atoms with van der Waals surface area (Å²) in [6, 6.07) is 15.6. The molecule has 208 valence electrons. The summed E-state index contributed by atoms with van der Waals surface area (Å²) < 4.78 is 0. The number of nitrogens with one attached hydrogen (secondary N) is 1. The van der Waals surface area contributed by atoms with Gasteiger partial charge in [-0.1, -0.05) is 90.1 Å². The van der Waals surface area contributed by atoms with Crippen LogP contribution in [0.4, 0.5) is 0 Å². The summed E-state index contributed by atoms with van der Waals surface area (Å²) in [6.07, 6.45) is 18.7. The second kappa shape index (κ2) is 11.3. The highest BCUT2D eigenvalue weighted by atomic mass is 33.1. The fourth-order valence-corrected chi connectivity index (χ4v) is 11.2. The largest absolute Gasteiger partial charge is 0.508 e. The maximum Gasteiger partial charge on any atom is 0.116 e. The van der Waals surface area contributed by atoms with Crippen molar-refractivity contribution in [2.75, 3.05) is 5.75 Å². The fraction of sp³-hybridized carbons (Fsp3) is 0.543. The van der Waals surface area contributed by atoms with Gasteiger partial charge in [-0.05, 0) is 115 Å². The number of aromatic hydroxyl groups is 1. The second-order valence-electron chi connectivity index (χ2n) is 13.4. The van der Waals surface area contributed by atoms with Crippen molar-refractivity contribution >= 4 is 21.6 Å². The first kappa shape index (κ1) is 27.5. The van der Waals surface area contributed by atoms with E-state index < -0.39 is 0 Å². The molecule has 1 heterocycles. The zero-order valence-electron chi connectivity index (χ0n) is 23.9. The molecule has 3 aliphatic carbocycles. The molecule has 1 fully saturated rings. The van der Waals surface area contributed by atoms with E-state index in [4.69, 9.17) is 0 Å². The summed E-state index contributed by atoms with van der Waals surface area (Å²) in [5.74, 6) is 3.64. The molecule has 4 heteroatoms. The molecule has 2 nitrogen and oxygen atoms in total. The zero-order chi connectivity index (χ0) is 27.0. The quantitative estimate of drug-likeness (QED) is 0.270. The number of phenolic OH excluding ortho intramolecular Hbond substituents is 1. The predicted molar refractivity (Wildman–Crippen MR) is 169 cm³/mol. The van der Waals surface area contributed by atoms with E-state index in [2.05, 4.69) is 102 Å². The fourth-order valence-electron chi connectivity index (χ4n) is 8.19. The number of hydrogen-bond donors (Lipinski definition) is 2. The van der Waals surface area contributed by atoms with E-state index in [9.17, 15) is 5.11 Å². The van der Waals surface area contributed by atoms with E-state index in [1.54, 1.807) is 0 Å². The first-order chi connectivity index (χ1) is 18.8. The first-order valence-electron chi connectivity index (χ1n) is 15.1. The molecule has 7 atom stereocenters. The van der Waals surface area contributed by atoms with Gasteiger partial charge in [-0.25, -0.2) is 0 Å². The Morgan fingerprint density at radius 2 is 1.79 bits per heavy atom. The third-order valence-electron chi connectivity index (χ3n) is 10.1. The minimum absolute atomic E-state index is 0.228. The Hall–Kier alpha value is -1.62. The molecular formula is C35H45NOS2. The third kappa shape index (κ3) is 5.90. The van der Waals surface area contributed by atoms with Crippen LogP contribution in [0, 0.1) is 28.6 Å². The maximum atomic E-state index is 10.8. The number of phenols is 1. The Kier molecular flexibility index (Phi) is 8.01. The number of hydrogen-bond acceptors (Lipinski definition) is 4. The van der Waals surface area contributed by atoms with Crippen LogP contribution in [-0.4, -0.2) is 22.2 Å². The lowest BCUT2D eigenvalue weighted by Gasteiger charge is -2.57. The van der Waals surface area contributed by atoms with Gasteiger partial charge in [0.2, 0.25) is 0 Å². The second-order valence-corrected chi connectivity index (χ2v) is 16.0. The average Bonchev–Trinajstić information content (AvgIpc) is 2.88. The lowest BCUT2D eigenvalue weighted by molar-refractivity contribution is 0.0154. The molecule has 7 unspecified atom stereocenters. The molecule has 6 rings (SSSR count). The van der Waals surface area contributed by atoms with Gasteiger partial charge in [-0.3, -0.25) is 0 Å². The Morgan fingerprint density at radius 3 is 2.64 bits per heavy atom. The minimum atomic E-state index is 0.228. The van der Waals surface area contributed by atoms with Gasteiger partial charge < -0.3 is 10.4 Å². The highest BCUT2D eigenvalue weighted by molar-refractivity contribution is 8.77. The van der Waals surface area contributed by atoms with Crippen LogP contribution in [0.1, 0.15) is 75.1 Å². The summed E-state index contributed by atoms with van der Waals surface area (Å²) in [4.78, 5) is 0. The number of benzene rings is 2. The van der Waals surface area contributed by atoms with Crippen molar-refractivity contribution in [2.45, 2.75) is 83.6 Å². The third-order valence-corrected chi connectivity index (χ3v) is 13.2. The lowest BCUT2D eigenvalue weighted by Crippen LogP contribution is -2.49. The molecule has 0 radical (unpaired) electrons. The summed E-state index contributed by atoms with van der Waals surface area (Å²) in [5.41, 5.74) is 5.71. The van der Waals surface area contributed by atoms with Gasteiger partial charge in [-0.15, -0.1) is 0 Å². The molecule has 39 heavy (non-hydrogen) atoms. The average molecular weight is 560 g/mol. The van der Waals surface area contributed by atoms with Gasteiger partial charge in [0.1, 0.15) is 5.75 Å². The van der Waals surface area contributed by atoms with Gasteiger partial charge in [0.15, 0.2) is 0 Å². The molecule has 1 aliphatic heterocycles. The first-order valence-corrected chi connectivity index (χ1v) is 17.5. The van der Waals surface area contributed by atoms with Gasteiger partial charge >= 0.3 is 0 Å². The van der Waals surface area contributed by atoms with Crippen LogP contribution in [0.2, 0.25) is 0 Å². The van der Waals surface area contributed by atoms with Crippen molar-refractivity contribution in [3.63, 3.8) is 0 Å². The van der Waals surface area contributed by atoms with Crippen LogP contribution < -0.4 is 5.32 Å². The van der Waals surface area contributed by atoms with Crippen LogP contribution in [-0.2, 0) is 19.4 Å². The van der Waals surface area contributed by atoms with Gasteiger partial charge in [0, 0.05) is 23.6 Å². The lowest BCUT2D eigenvalue weighted by atomic mass is 9.48. The SMILES string of the molecule is CC1CC=CC(C)(C23C=CC4SSCC(C)NCc5ccccc5Cc5cc(O)cc(c5)CC(CC4C2)C3)C1. The monoisotopic (exact) mass is 559 g/mol. The summed E-state index contributed by atoms with van der Waals surface area (Å²) in [5, 5.41) is 15.2. The molecular weight excluding hydrogens is 515 g/mol. The normalized spacial score (nSPS) is 36.7. The van der Waals surface area contributed by atoms with E-state index in [0.29, 0.717) is 28.9 Å². The van der Waals surface area contributed by atoms with Crippen molar-refractivity contribution in [3.05, 3.63) is 89.0 Å². The van der Waals surface area contributed by atoms with Crippen molar-refractivity contribution in [1.82, 2.24) is 5.32 Å². The summed E-state index contributed by atoms with van der Waals surface area (Å²) >= 11 is 0. The van der Waals surface area contributed by atoms with Crippen LogP contribution in [0.3, 0.4) is 0 Å². The molecule has 1 saturated carbocycles. The molecule has 0 spiro atoms. The van der Waals surface area contributed by atoms with Crippen LogP contribution in [0.5, 0.6) is 5.75 Å². The van der Waals surface area contributed by atoms with E-state index in [-0.39, 0.29) is 10.8 Å². The smallest absolute Gasteiger partial charge is 0.116 e. The minimum Gasteiger partial charge on any atom is -0.508 e. The molecule has 0 aromatic heterocycles. The molecule has 4 aliphatic rings. The van der Waals surface area contributed by atoms with Crippen LogP contribution in [0.15, 0.2) is 66.8 Å². The van der Waals surface area contributed by atoms with Gasteiger partial charge in [-0.2, -0.15) is 0 Å². The number of rotatable bonds is 1. The molecule has 0 amide bonds. The molecule has 2 aromatic rings. The van der Waals surface area contributed by atoms with Crippen LogP contribution in [0.25, 0.3) is 0 Å². The Morgan fingerprint density at radius 1 is 0.974 bits per heavy atom. The number of fused-ring (bicyclic) bond motifs is 5. The Labute approximate surface area is 243 Å². The van der Waals surface area contributed by atoms with Crippen molar-refractivity contribution in [3.8, 4) is 5.75 Å². The number of allylic oxidation sites excluding steroid dienone is 3. The van der Waals surface area contributed by atoms with Gasteiger partial charge in [0.05, 0.1) is 0 Å². The zero-order valence-corrected chi connectivity index (χ0v) is 25.5. The van der Waals surface area contributed by atoms with E-state index in [0.717, 1.165) is 31.1 Å². The topological polar surface area (TPSA) is 32.3 Å².